The average molecular weight is 269 g/mol. The van der Waals surface area contributed by atoms with Crippen molar-refractivity contribution in [3.8, 4) is 0 Å². The van der Waals surface area contributed by atoms with Crippen molar-refractivity contribution >= 4 is 11.6 Å². The van der Waals surface area contributed by atoms with Crippen LogP contribution in [0.4, 0.5) is 0 Å². The van der Waals surface area contributed by atoms with Gasteiger partial charge in [0, 0.05) is 10.6 Å². The van der Waals surface area contributed by atoms with Crippen molar-refractivity contribution in [3.05, 3.63) is 34.9 Å². The molecule has 1 heterocycles. The van der Waals surface area contributed by atoms with E-state index in [-0.39, 0.29) is 0 Å². The van der Waals surface area contributed by atoms with E-state index in [4.69, 9.17) is 11.6 Å². The van der Waals surface area contributed by atoms with Crippen LogP contribution in [0.15, 0.2) is 24.3 Å². The van der Waals surface area contributed by atoms with Crippen LogP contribution < -0.4 is 9.80 Å². The first-order valence-electron chi connectivity index (χ1n) is 7.12. The molecule has 0 aliphatic carbocycles. The largest absolute Gasteiger partial charge is 0.323 e. The van der Waals surface area contributed by atoms with Crippen LogP contribution >= 0.6 is 11.6 Å². The Hall–Kier alpha value is -0.570. The van der Waals surface area contributed by atoms with Gasteiger partial charge in [0.25, 0.3) is 0 Å². The molecule has 0 saturated carbocycles. The summed E-state index contributed by atoms with van der Waals surface area (Å²) in [5.74, 6) is 0. The molecular weight excluding hydrogens is 244 g/mol. The second kappa shape index (κ2) is 6.55. The molecule has 18 heavy (non-hydrogen) atoms. The zero-order chi connectivity index (χ0) is 13.0. The molecule has 1 fully saturated rings. The summed E-state index contributed by atoms with van der Waals surface area (Å²) in [5, 5.41) is 0.918. The monoisotopic (exact) mass is 268 g/mol. The molecule has 0 amide bonds. The van der Waals surface area contributed by atoms with Crippen molar-refractivity contribution < 1.29 is 9.80 Å². The van der Waals surface area contributed by atoms with Gasteiger partial charge >= 0.3 is 0 Å². The summed E-state index contributed by atoms with van der Waals surface area (Å²) in [4.78, 5) is 3.45. The third-order valence-corrected chi connectivity index (χ3v) is 4.68. The molecule has 1 saturated heterocycles. The van der Waals surface area contributed by atoms with Gasteiger partial charge in [0.05, 0.1) is 6.04 Å². The SMILES string of the molecule is CC[C@@H](C)[NH+]1CC[NH+](Cc2ccccc2Cl)CC1. The zero-order valence-electron chi connectivity index (χ0n) is 11.5. The number of piperazine rings is 1. The first-order valence-corrected chi connectivity index (χ1v) is 7.50. The molecule has 3 heteroatoms. The van der Waals surface area contributed by atoms with Crippen LogP contribution in [0, 0.1) is 0 Å². The molecule has 1 aliphatic heterocycles. The van der Waals surface area contributed by atoms with Crippen LogP contribution in [0.2, 0.25) is 5.02 Å². The highest BCUT2D eigenvalue weighted by Crippen LogP contribution is 2.13. The van der Waals surface area contributed by atoms with E-state index in [0.717, 1.165) is 17.6 Å². The fourth-order valence-electron chi connectivity index (χ4n) is 2.79. The fourth-order valence-corrected chi connectivity index (χ4v) is 3.00. The van der Waals surface area contributed by atoms with Crippen LogP contribution in [-0.4, -0.2) is 32.2 Å². The molecule has 1 aromatic carbocycles. The summed E-state index contributed by atoms with van der Waals surface area (Å²) in [6, 6.07) is 9.06. The molecule has 2 N–H and O–H groups in total. The standard InChI is InChI=1S/C15H23ClN2/c1-3-13(2)18-10-8-17(9-11-18)12-14-6-4-5-7-15(14)16/h4-7,13H,3,8-12H2,1-2H3/p+2/t13-/m1/s1. The molecule has 100 valence electrons. The van der Waals surface area contributed by atoms with Gasteiger partial charge in [0.15, 0.2) is 0 Å². The summed E-state index contributed by atoms with van der Waals surface area (Å²) in [7, 11) is 0. The lowest BCUT2D eigenvalue weighted by molar-refractivity contribution is -1.03. The van der Waals surface area contributed by atoms with E-state index < -0.39 is 0 Å². The van der Waals surface area contributed by atoms with Crippen molar-refractivity contribution in [3.63, 3.8) is 0 Å². The van der Waals surface area contributed by atoms with Gasteiger partial charge in [-0.25, -0.2) is 0 Å². The van der Waals surface area contributed by atoms with Crippen LogP contribution in [0.5, 0.6) is 0 Å². The lowest BCUT2D eigenvalue weighted by Gasteiger charge is -2.33. The molecule has 2 nitrogen and oxygen atoms in total. The summed E-state index contributed by atoms with van der Waals surface area (Å²) in [6.07, 6.45) is 1.29. The van der Waals surface area contributed by atoms with Gasteiger partial charge < -0.3 is 9.80 Å². The predicted octanol–water partition coefficient (Wildman–Crippen LogP) is 0.422. The van der Waals surface area contributed by atoms with Gasteiger partial charge in [0.2, 0.25) is 0 Å². The Labute approximate surface area is 116 Å². The Morgan fingerprint density at radius 2 is 1.83 bits per heavy atom. The summed E-state index contributed by atoms with van der Waals surface area (Å²) in [6.45, 7) is 10.9. The fraction of sp³-hybridized carbons (Fsp3) is 0.600. The van der Waals surface area contributed by atoms with Crippen molar-refractivity contribution in [2.45, 2.75) is 32.9 Å². The van der Waals surface area contributed by atoms with E-state index >= 15 is 0 Å². The van der Waals surface area contributed by atoms with Crippen molar-refractivity contribution in [1.82, 2.24) is 0 Å². The average Bonchev–Trinajstić information content (AvgIpc) is 2.41. The number of hydrogen-bond donors (Lipinski definition) is 2. The van der Waals surface area contributed by atoms with Gasteiger partial charge in [-0.15, -0.1) is 0 Å². The topological polar surface area (TPSA) is 8.88 Å². The van der Waals surface area contributed by atoms with E-state index in [9.17, 15) is 0 Å². The number of quaternary nitrogens is 2. The van der Waals surface area contributed by atoms with E-state index in [0.29, 0.717) is 0 Å². The predicted molar refractivity (Wildman–Crippen MR) is 76.3 cm³/mol. The van der Waals surface area contributed by atoms with Crippen molar-refractivity contribution in [2.75, 3.05) is 26.2 Å². The van der Waals surface area contributed by atoms with Crippen LogP contribution in [-0.2, 0) is 6.54 Å². The number of benzene rings is 1. The summed E-state index contributed by atoms with van der Waals surface area (Å²) >= 11 is 6.23. The summed E-state index contributed by atoms with van der Waals surface area (Å²) < 4.78 is 0. The second-order valence-corrected chi connectivity index (χ2v) is 5.89. The third-order valence-electron chi connectivity index (χ3n) is 4.31. The lowest BCUT2D eigenvalue weighted by atomic mass is 10.1. The smallest absolute Gasteiger partial charge is 0.127 e. The van der Waals surface area contributed by atoms with Crippen LogP contribution in [0.25, 0.3) is 0 Å². The lowest BCUT2D eigenvalue weighted by Crippen LogP contribution is -3.29. The number of nitrogens with one attached hydrogen (secondary N) is 2. The Balaban J connectivity index is 1.86. The molecule has 0 spiro atoms. The highest BCUT2D eigenvalue weighted by Gasteiger charge is 2.26. The molecule has 0 radical (unpaired) electrons. The highest BCUT2D eigenvalue weighted by atomic mass is 35.5. The molecule has 2 rings (SSSR count). The van der Waals surface area contributed by atoms with E-state index in [1.165, 1.54) is 38.2 Å². The van der Waals surface area contributed by atoms with Gasteiger partial charge in [-0.3, -0.25) is 0 Å². The van der Waals surface area contributed by atoms with Gasteiger partial charge in [-0.05, 0) is 19.4 Å². The molecule has 1 aliphatic rings. The van der Waals surface area contributed by atoms with Crippen LogP contribution in [0.1, 0.15) is 25.8 Å². The quantitative estimate of drug-likeness (QED) is 0.784. The van der Waals surface area contributed by atoms with Crippen LogP contribution in [0.3, 0.4) is 0 Å². The minimum atomic E-state index is 0.812. The highest BCUT2D eigenvalue weighted by molar-refractivity contribution is 6.31. The van der Waals surface area contributed by atoms with Gasteiger partial charge in [0.1, 0.15) is 32.7 Å². The zero-order valence-corrected chi connectivity index (χ0v) is 12.3. The van der Waals surface area contributed by atoms with E-state index in [1.807, 2.05) is 12.1 Å². The third kappa shape index (κ3) is 3.47. The maximum absolute atomic E-state index is 6.23. The maximum atomic E-state index is 6.23. The normalized spacial score (nSPS) is 25.9. The Morgan fingerprint density at radius 1 is 1.17 bits per heavy atom. The molecular formula is C15H25ClN2+2. The maximum Gasteiger partial charge on any atom is 0.127 e. The van der Waals surface area contributed by atoms with Gasteiger partial charge in [-0.1, -0.05) is 36.7 Å². The first-order chi connectivity index (χ1) is 8.70. The minimum absolute atomic E-state index is 0.812. The Kier molecular flexibility index (Phi) is 5.04. The molecule has 0 bridgehead atoms. The van der Waals surface area contributed by atoms with E-state index in [1.54, 1.807) is 9.80 Å². The Bertz CT molecular complexity index is 373. The Morgan fingerprint density at radius 3 is 2.44 bits per heavy atom. The molecule has 1 atom stereocenters. The molecule has 0 unspecified atom stereocenters. The minimum Gasteiger partial charge on any atom is -0.323 e. The first kappa shape index (κ1) is 13.9. The molecule has 0 aromatic heterocycles. The second-order valence-electron chi connectivity index (χ2n) is 5.49. The van der Waals surface area contributed by atoms with Crippen molar-refractivity contribution in [1.29, 1.82) is 0 Å². The van der Waals surface area contributed by atoms with Crippen molar-refractivity contribution in [2.24, 2.45) is 0 Å². The number of hydrogen-bond acceptors (Lipinski definition) is 0. The van der Waals surface area contributed by atoms with Gasteiger partial charge in [-0.2, -0.15) is 0 Å². The molecule has 1 aromatic rings. The number of rotatable bonds is 4. The summed E-state index contributed by atoms with van der Waals surface area (Å²) in [5.41, 5.74) is 1.29. The van der Waals surface area contributed by atoms with E-state index in [2.05, 4.69) is 26.0 Å². The number of halogens is 1.